The van der Waals surface area contributed by atoms with Crippen LogP contribution < -0.4 is 4.90 Å². The number of carbonyl (C=O) groups is 1. The summed E-state index contributed by atoms with van der Waals surface area (Å²) < 4.78 is 1.95. The molecule has 1 amide bonds. The Labute approximate surface area is 183 Å². The minimum Gasteiger partial charge on any atom is -0.304 e. The Bertz CT molecular complexity index is 1180. The second-order valence-corrected chi connectivity index (χ2v) is 7.88. The van der Waals surface area contributed by atoms with Gasteiger partial charge in [0.1, 0.15) is 0 Å². The number of aryl methyl sites for hydroxylation is 3. The molecule has 2 aromatic carbocycles. The van der Waals surface area contributed by atoms with Crippen molar-refractivity contribution in [1.82, 2.24) is 14.8 Å². The molecule has 5 nitrogen and oxygen atoms in total. The van der Waals surface area contributed by atoms with Gasteiger partial charge in [0, 0.05) is 17.9 Å². The molecule has 158 valence electrons. The second-order valence-electron chi connectivity index (χ2n) is 7.88. The van der Waals surface area contributed by atoms with Crippen LogP contribution in [-0.4, -0.2) is 20.7 Å². The van der Waals surface area contributed by atoms with Crippen molar-refractivity contribution in [2.75, 3.05) is 4.90 Å². The fourth-order valence-electron chi connectivity index (χ4n) is 3.91. The van der Waals surface area contributed by atoms with E-state index < -0.39 is 0 Å². The molecular weight excluding hydrogens is 384 g/mol. The molecule has 0 spiro atoms. The lowest BCUT2D eigenvalue weighted by molar-refractivity contribution is 0.0986. The Hall–Kier alpha value is -3.47. The molecule has 2 aromatic heterocycles. The van der Waals surface area contributed by atoms with Gasteiger partial charge < -0.3 is 4.90 Å². The Balaban J connectivity index is 1.82. The quantitative estimate of drug-likeness (QED) is 0.391. The number of aromatic nitrogens is 3. The third kappa shape index (κ3) is 4.36. The largest absolute Gasteiger partial charge is 0.304 e. The van der Waals surface area contributed by atoms with E-state index in [0.717, 1.165) is 53.1 Å². The average molecular weight is 413 g/mol. The zero-order valence-electron chi connectivity index (χ0n) is 18.4. The van der Waals surface area contributed by atoms with Gasteiger partial charge in [0.05, 0.1) is 23.2 Å². The van der Waals surface area contributed by atoms with Crippen LogP contribution >= 0.6 is 0 Å². The van der Waals surface area contributed by atoms with Gasteiger partial charge in [-0.2, -0.15) is 5.10 Å². The van der Waals surface area contributed by atoms with E-state index in [4.69, 9.17) is 10.1 Å². The number of fused-ring (bicyclic) bond motifs is 1. The van der Waals surface area contributed by atoms with Crippen molar-refractivity contribution in [3.8, 4) is 0 Å². The molecule has 0 radical (unpaired) electrons. The lowest BCUT2D eigenvalue weighted by atomic mass is 10.1. The molecule has 0 bridgehead atoms. The Morgan fingerprint density at radius 2 is 1.68 bits per heavy atom. The van der Waals surface area contributed by atoms with E-state index in [0.29, 0.717) is 12.1 Å². The van der Waals surface area contributed by atoms with Crippen LogP contribution in [0.15, 0.2) is 66.7 Å². The first-order valence-electron chi connectivity index (χ1n) is 10.8. The van der Waals surface area contributed by atoms with E-state index in [1.807, 2.05) is 90.2 Å². The predicted molar refractivity (Wildman–Crippen MR) is 125 cm³/mol. The van der Waals surface area contributed by atoms with Gasteiger partial charge in [-0.3, -0.25) is 4.79 Å². The predicted octanol–water partition coefficient (Wildman–Crippen LogP) is 5.70. The summed E-state index contributed by atoms with van der Waals surface area (Å²) in [5, 5.41) is 5.56. The van der Waals surface area contributed by atoms with Crippen molar-refractivity contribution in [3.63, 3.8) is 0 Å². The fourth-order valence-corrected chi connectivity index (χ4v) is 3.91. The Morgan fingerprint density at radius 1 is 1.00 bits per heavy atom. The fraction of sp³-hybridized carbons (Fsp3) is 0.269. The van der Waals surface area contributed by atoms with Gasteiger partial charge in [-0.25, -0.2) is 9.67 Å². The number of anilines is 1. The zero-order valence-corrected chi connectivity index (χ0v) is 18.4. The molecule has 0 aliphatic rings. The van der Waals surface area contributed by atoms with Crippen molar-refractivity contribution in [3.05, 3.63) is 89.2 Å². The minimum absolute atomic E-state index is 0.0382. The van der Waals surface area contributed by atoms with Gasteiger partial charge >= 0.3 is 0 Å². The summed E-state index contributed by atoms with van der Waals surface area (Å²) >= 11 is 0. The first-order chi connectivity index (χ1) is 15.1. The van der Waals surface area contributed by atoms with Crippen molar-refractivity contribution < 1.29 is 4.79 Å². The van der Waals surface area contributed by atoms with E-state index in [1.54, 1.807) is 0 Å². The number of rotatable bonds is 7. The van der Waals surface area contributed by atoms with Crippen molar-refractivity contribution in [2.24, 2.45) is 0 Å². The molecule has 4 rings (SSSR count). The van der Waals surface area contributed by atoms with Crippen molar-refractivity contribution in [2.45, 2.75) is 46.7 Å². The van der Waals surface area contributed by atoms with Crippen LogP contribution in [0.4, 0.5) is 5.69 Å². The number of pyridine rings is 1. The number of nitrogens with zero attached hydrogens (tertiary/aromatic N) is 4. The van der Waals surface area contributed by atoms with Gasteiger partial charge in [-0.05, 0) is 44.0 Å². The van der Waals surface area contributed by atoms with Crippen molar-refractivity contribution >= 4 is 22.6 Å². The molecule has 0 N–H and O–H groups in total. The second kappa shape index (κ2) is 9.13. The average Bonchev–Trinajstić information content (AvgIpc) is 3.11. The molecule has 4 aromatic rings. The number of hydrogen-bond acceptors (Lipinski definition) is 3. The molecule has 31 heavy (non-hydrogen) atoms. The standard InChI is InChI=1S/C26H28N4O/c1-4-5-16-30-25-24(20(3)28-30)23(17-19(2)27-25)26(31)29(22-14-10-7-11-15-22)18-21-12-8-6-9-13-21/h6-15,17H,4-5,16,18H2,1-3H3. The van der Waals surface area contributed by atoms with Crippen LogP contribution in [-0.2, 0) is 13.1 Å². The van der Waals surface area contributed by atoms with Gasteiger partial charge in [0.25, 0.3) is 5.91 Å². The molecule has 0 aliphatic carbocycles. The van der Waals surface area contributed by atoms with Crippen LogP contribution in [0, 0.1) is 13.8 Å². The highest BCUT2D eigenvalue weighted by atomic mass is 16.2. The summed E-state index contributed by atoms with van der Waals surface area (Å²) in [6.07, 6.45) is 2.11. The highest BCUT2D eigenvalue weighted by Gasteiger charge is 2.24. The molecule has 0 saturated carbocycles. The molecule has 0 atom stereocenters. The monoisotopic (exact) mass is 412 g/mol. The molecule has 0 unspecified atom stereocenters. The number of unbranched alkanes of at least 4 members (excludes halogenated alkanes) is 1. The van der Waals surface area contributed by atoms with Crippen LogP contribution in [0.25, 0.3) is 11.0 Å². The first-order valence-corrected chi connectivity index (χ1v) is 10.8. The van der Waals surface area contributed by atoms with Crippen LogP contribution in [0.5, 0.6) is 0 Å². The van der Waals surface area contributed by atoms with Crippen LogP contribution in [0.2, 0.25) is 0 Å². The first kappa shape index (κ1) is 20.8. The normalized spacial score (nSPS) is 11.1. The topological polar surface area (TPSA) is 51.0 Å². The number of amides is 1. The summed E-state index contributed by atoms with van der Waals surface area (Å²) in [6.45, 7) is 7.36. The van der Waals surface area contributed by atoms with E-state index in [-0.39, 0.29) is 5.91 Å². The third-order valence-electron chi connectivity index (χ3n) is 5.46. The molecule has 0 aliphatic heterocycles. The van der Waals surface area contributed by atoms with E-state index in [1.165, 1.54) is 0 Å². The molecule has 5 heteroatoms. The number of benzene rings is 2. The summed E-state index contributed by atoms with van der Waals surface area (Å²) in [6, 6.07) is 21.8. The van der Waals surface area contributed by atoms with E-state index in [9.17, 15) is 4.79 Å². The summed E-state index contributed by atoms with van der Waals surface area (Å²) in [5.41, 5.74) is 5.06. The molecular formula is C26H28N4O. The zero-order chi connectivity index (χ0) is 21.8. The summed E-state index contributed by atoms with van der Waals surface area (Å²) in [5.74, 6) is -0.0382. The SMILES string of the molecule is CCCCn1nc(C)c2c(C(=O)N(Cc3ccccc3)c3ccccc3)cc(C)nc21. The lowest BCUT2D eigenvalue weighted by Crippen LogP contribution is -2.30. The summed E-state index contributed by atoms with van der Waals surface area (Å²) in [4.78, 5) is 20.5. The van der Waals surface area contributed by atoms with Crippen molar-refractivity contribution in [1.29, 1.82) is 0 Å². The van der Waals surface area contributed by atoms with Gasteiger partial charge in [0.2, 0.25) is 0 Å². The highest BCUT2D eigenvalue weighted by molar-refractivity contribution is 6.13. The maximum absolute atomic E-state index is 14.0. The van der Waals surface area contributed by atoms with Crippen LogP contribution in [0.1, 0.15) is 47.1 Å². The van der Waals surface area contributed by atoms with Crippen LogP contribution in [0.3, 0.4) is 0 Å². The maximum atomic E-state index is 14.0. The number of para-hydroxylation sites is 1. The Kier molecular flexibility index (Phi) is 6.12. The molecule has 2 heterocycles. The minimum atomic E-state index is -0.0382. The lowest BCUT2D eigenvalue weighted by Gasteiger charge is -2.24. The van der Waals surface area contributed by atoms with E-state index >= 15 is 0 Å². The number of hydrogen-bond donors (Lipinski definition) is 0. The number of carbonyl (C=O) groups excluding carboxylic acids is 1. The van der Waals surface area contributed by atoms with Gasteiger partial charge in [-0.1, -0.05) is 61.9 Å². The smallest absolute Gasteiger partial charge is 0.259 e. The van der Waals surface area contributed by atoms with Gasteiger partial charge in [0.15, 0.2) is 5.65 Å². The highest BCUT2D eigenvalue weighted by Crippen LogP contribution is 2.27. The van der Waals surface area contributed by atoms with Gasteiger partial charge in [-0.15, -0.1) is 0 Å². The third-order valence-corrected chi connectivity index (χ3v) is 5.46. The summed E-state index contributed by atoms with van der Waals surface area (Å²) in [7, 11) is 0. The maximum Gasteiger partial charge on any atom is 0.259 e. The Morgan fingerprint density at radius 3 is 2.35 bits per heavy atom. The molecule has 0 saturated heterocycles. The molecule has 0 fully saturated rings. The van der Waals surface area contributed by atoms with E-state index in [2.05, 4.69) is 6.92 Å².